The number of aliphatic imine (C=N–C) groups is 1. The number of carbonyl (C=O) groups excluding carboxylic acids is 1. The van der Waals surface area contributed by atoms with Gasteiger partial charge in [-0.1, -0.05) is 40.9 Å². The lowest BCUT2D eigenvalue weighted by Crippen LogP contribution is -2.46. The van der Waals surface area contributed by atoms with Crippen molar-refractivity contribution in [2.45, 2.75) is 38.3 Å². The molecule has 0 atom stereocenters. The Morgan fingerprint density at radius 3 is 2.52 bits per heavy atom. The number of nitrogens with one attached hydrogen (secondary N) is 2. The van der Waals surface area contributed by atoms with Crippen molar-refractivity contribution in [2.75, 3.05) is 20.6 Å². The van der Waals surface area contributed by atoms with E-state index in [0.29, 0.717) is 12.6 Å². The molecule has 1 aromatic rings. The van der Waals surface area contributed by atoms with Gasteiger partial charge in [0.05, 0.1) is 13.1 Å². The second-order valence-corrected chi connectivity index (χ2v) is 6.97. The summed E-state index contributed by atoms with van der Waals surface area (Å²) in [5.74, 6) is 0.754. The van der Waals surface area contributed by atoms with Gasteiger partial charge in [0.25, 0.3) is 0 Å². The fourth-order valence-corrected chi connectivity index (χ4v) is 2.76. The summed E-state index contributed by atoms with van der Waals surface area (Å²) in [5.41, 5.74) is 1.14. The van der Waals surface area contributed by atoms with E-state index in [9.17, 15) is 4.79 Å². The molecule has 0 spiro atoms. The van der Waals surface area contributed by atoms with Crippen molar-refractivity contribution >= 4 is 27.8 Å². The lowest BCUT2D eigenvalue weighted by atomic mass is 10.2. The van der Waals surface area contributed by atoms with E-state index in [-0.39, 0.29) is 12.5 Å². The summed E-state index contributed by atoms with van der Waals surface area (Å²) in [7, 11) is 3.51. The highest BCUT2D eigenvalue weighted by atomic mass is 79.9. The molecule has 6 heteroatoms. The predicted molar refractivity (Wildman–Crippen MR) is 97.4 cm³/mol. The number of amides is 1. The van der Waals surface area contributed by atoms with Crippen molar-refractivity contribution in [3.05, 3.63) is 34.3 Å². The van der Waals surface area contributed by atoms with Crippen molar-refractivity contribution < 1.29 is 4.79 Å². The van der Waals surface area contributed by atoms with Gasteiger partial charge < -0.3 is 15.5 Å². The summed E-state index contributed by atoms with van der Waals surface area (Å²) >= 11 is 3.44. The van der Waals surface area contributed by atoms with Crippen molar-refractivity contribution in [3.8, 4) is 0 Å². The number of nitrogens with zero attached hydrogens (tertiary/aromatic N) is 2. The SMILES string of the molecule is CN(C)C(=O)CNC(=NCc1ccc(Br)cc1)NC1CCCC1. The first kappa shape index (κ1) is 17.8. The van der Waals surface area contributed by atoms with Gasteiger partial charge in [-0.2, -0.15) is 0 Å². The van der Waals surface area contributed by atoms with Gasteiger partial charge in [0, 0.05) is 24.6 Å². The average molecular weight is 381 g/mol. The minimum Gasteiger partial charge on any atom is -0.354 e. The summed E-state index contributed by atoms with van der Waals surface area (Å²) in [5, 5.41) is 6.60. The molecule has 23 heavy (non-hydrogen) atoms. The van der Waals surface area contributed by atoms with Crippen LogP contribution in [0.15, 0.2) is 33.7 Å². The minimum absolute atomic E-state index is 0.0366. The first-order chi connectivity index (χ1) is 11.0. The molecule has 0 heterocycles. The second kappa shape index (κ2) is 8.91. The van der Waals surface area contributed by atoms with E-state index >= 15 is 0 Å². The maximum absolute atomic E-state index is 11.8. The second-order valence-electron chi connectivity index (χ2n) is 6.06. The topological polar surface area (TPSA) is 56.7 Å². The van der Waals surface area contributed by atoms with Gasteiger partial charge in [-0.15, -0.1) is 0 Å². The number of guanidine groups is 1. The number of likely N-dealkylation sites (N-methyl/N-ethyl adjacent to an activating group) is 1. The zero-order valence-corrected chi connectivity index (χ0v) is 15.4. The Hall–Kier alpha value is -1.56. The van der Waals surface area contributed by atoms with Gasteiger partial charge in [-0.05, 0) is 30.5 Å². The molecule has 5 nitrogen and oxygen atoms in total. The third-order valence-corrected chi connectivity index (χ3v) is 4.46. The maximum atomic E-state index is 11.8. The van der Waals surface area contributed by atoms with Gasteiger partial charge in [0.2, 0.25) is 5.91 Å². The smallest absolute Gasteiger partial charge is 0.241 e. The maximum Gasteiger partial charge on any atom is 0.241 e. The zero-order valence-electron chi connectivity index (χ0n) is 13.8. The summed E-state index contributed by atoms with van der Waals surface area (Å²) < 4.78 is 1.06. The van der Waals surface area contributed by atoms with Crippen LogP contribution in [-0.4, -0.2) is 43.4 Å². The third-order valence-electron chi connectivity index (χ3n) is 3.93. The van der Waals surface area contributed by atoms with Crippen LogP contribution in [0.25, 0.3) is 0 Å². The molecule has 0 aliphatic heterocycles. The van der Waals surface area contributed by atoms with Crippen LogP contribution in [0, 0.1) is 0 Å². The Labute approximate surface area is 146 Å². The fourth-order valence-electron chi connectivity index (χ4n) is 2.49. The van der Waals surface area contributed by atoms with Crippen molar-refractivity contribution in [1.29, 1.82) is 0 Å². The Bertz CT molecular complexity index is 536. The Morgan fingerprint density at radius 1 is 1.26 bits per heavy atom. The minimum atomic E-state index is 0.0366. The molecule has 1 fully saturated rings. The summed E-state index contributed by atoms with van der Waals surface area (Å²) in [6.45, 7) is 0.845. The molecule has 2 rings (SSSR count). The van der Waals surface area contributed by atoms with E-state index in [1.54, 1.807) is 19.0 Å². The number of benzene rings is 1. The highest BCUT2D eigenvalue weighted by molar-refractivity contribution is 9.10. The van der Waals surface area contributed by atoms with Crippen LogP contribution in [0.3, 0.4) is 0 Å². The number of carbonyl (C=O) groups is 1. The van der Waals surface area contributed by atoms with Crippen LogP contribution in [0.4, 0.5) is 0 Å². The molecule has 0 aromatic heterocycles. The van der Waals surface area contributed by atoms with Gasteiger partial charge in [-0.25, -0.2) is 4.99 Å². The van der Waals surface area contributed by atoms with E-state index in [4.69, 9.17) is 0 Å². The number of halogens is 1. The molecule has 0 radical (unpaired) electrons. The summed E-state index contributed by atoms with van der Waals surface area (Å²) in [6, 6.07) is 8.58. The summed E-state index contributed by atoms with van der Waals surface area (Å²) in [4.78, 5) is 18.0. The molecule has 1 amide bonds. The third kappa shape index (κ3) is 6.22. The number of hydrogen-bond acceptors (Lipinski definition) is 2. The molecule has 0 bridgehead atoms. The quantitative estimate of drug-likeness (QED) is 0.609. The van der Waals surface area contributed by atoms with Crippen molar-refractivity contribution in [1.82, 2.24) is 15.5 Å². The normalized spacial score (nSPS) is 15.5. The first-order valence-electron chi connectivity index (χ1n) is 8.04. The van der Waals surface area contributed by atoms with Crippen LogP contribution in [-0.2, 0) is 11.3 Å². The monoisotopic (exact) mass is 380 g/mol. The van der Waals surface area contributed by atoms with E-state index in [1.807, 2.05) is 24.3 Å². The molecule has 0 unspecified atom stereocenters. The Morgan fingerprint density at radius 2 is 1.91 bits per heavy atom. The van der Waals surface area contributed by atoms with Crippen molar-refractivity contribution in [2.24, 2.45) is 4.99 Å². The number of rotatable bonds is 5. The average Bonchev–Trinajstić information content (AvgIpc) is 3.04. The van der Waals surface area contributed by atoms with Gasteiger partial charge in [-0.3, -0.25) is 4.79 Å². The van der Waals surface area contributed by atoms with E-state index in [0.717, 1.165) is 16.0 Å². The Balaban J connectivity index is 1.97. The van der Waals surface area contributed by atoms with E-state index in [1.165, 1.54) is 25.7 Å². The van der Waals surface area contributed by atoms with Gasteiger partial charge in [0.15, 0.2) is 5.96 Å². The zero-order chi connectivity index (χ0) is 16.7. The molecule has 1 aliphatic carbocycles. The summed E-state index contributed by atoms with van der Waals surface area (Å²) in [6.07, 6.45) is 4.85. The first-order valence-corrected chi connectivity index (χ1v) is 8.83. The van der Waals surface area contributed by atoms with E-state index in [2.05, 4.69) is 31.6 Å². The molecule has 0 saturated heterocycles. The highest BCUT2D eigenvalue weighted by Gasteiger charge is 2.16. The number of hydrogen-bond donors (Lipinski definition) is 2. The molecular weight excluding hydrogens is 356 g/mol. The molecule has 2 N–H and O–H groups in total. The molecule has 1 aliphatic rings. The highest BCUT2D eigenvalue weighted by Crippen LogP contribution is 2.17. The Kier molecular flexibility index (Phi) is 6.89. The molecule has 1 aromatic carbocycles. The standard InChI is InChI=1S/C17H25BrN4O/c1-22(2)16(23)12-20-17(21-15-5-3-4-6-15)19-11-13-7-9-14(18)10-8-13/h7-10,15H,3-6,11-12H2,1-2H3,(H2,19,20,21). The van der Waals surface area contributed by atoms with Gasteiger partial charge in [0.1, 0.15) is 0 Å². The molecular formula is C17H25BrN4O. The van der Waals surface area contributed by atoms with Gasteiger partial charge >= 0.3 is 0 Å². The van der Waals surface area contributed by atoms with Crippen LogP contribution in [0.1, 0.15) is 31.2 Å². The van der Waals surface area contributed by atoms with Crippen molar-refractivity contribution in [3.63, 3.8) is 0 Å². The molecule has 1 saturated carbocycles. The van der Waals surface area contributed by atoms with Crippen LogP contribution < -0.4 is 10.6 Å². The molecule has 126 valence electrons. The lowest BCUT2D eigenvalue weighted by Gasteiger charge is -2.18. The predicted octanol–water partition coefficient (Wildman–Crippen LogP) is 2.52. The fraction of sp³-hybridized carbons (Fsp3) is 0.529. The largest absolute Gasteiger partial charge is 0.354 e. The van der Waals surface area contributed by atoms with Crippen LogP contribution in [0.2, 0.25) is 0 Å². The van der Waals surface area contributed by atoms with Crippen LogP contribution in [0.5, 0.6) is 0 Å². The van der Waals surface area contributed by atoms with Crippen LogP contribution >= 0.6 is 15.9 Å². The van der Waals surface area contributed by atoms with E-state index < -0.39 is 0 Å². The lowest BCUT2D eigenvalue weighted by molar-refractivity contribution is -0.127.